The van der Waals surface area contributed by atoms with Gasteiger partial charge in [-0.3, -0.25) is 10.1 Å². The molecule has 0 aromatic carbocycles. The molecule has 0 aromatic heterocycles. The van der Waals surface area contributed by atoms with Crippen molar-refractivity contribution in [3.63, 3.8) is 0 Å². The van der Waals surface area contributed by atoms with Gasteiger partial charge in [0.15, 0.2) is 0 Å². The van der Waals surface area contributed by atoms with Crippen molar-refractivity contribution in [1.82, 2.24) is 10.2 Å². The van der Waals surface area contributed by atoms with Gasteiger partial charge in [-0.1, -0.05) is 0 Å². The van der Waals surface area contributed by atoms with Crippen LogP contribution in [-0.4, -0.2) is 62.4 Å². The molecule has 0 saturated heterocycles. The molecule has 0 spiro atoms. The Hall–Kier alpha value is -0.650. The van der Waals surface area contributed by atoms with E-state index in [1.807, 2.05) is 41.7 Å². The van der Waals surface area contributed by atoms with E-state index in [-0.39, 0.29) is 18.1 Å². The fraction of sp³-hybridized carbons (Fsp3) is 0.929. The summed E-state index contributed by atoms with van der Waals surface area (Å²) in [5.74, 6) is -0.238. The van der Waals surface area contributed by atoms with E-state index in [2.05, 4.69) is 10.2 Å². The van der Waals surface area contributed by atoms with Gasteiger partial charge >= 0.3 is 5.97 Å². The van der Waals surface area contributed by atoms with Gasteiger partial charge in [-0.2, -0.15) is 0 Å². The summed E-state index contributed by atoms with van der Waals surface area (Å²) < 4.78 is 10.4. The number of carbonyl (C=O) groups is 1. The molecule has 1 N–H and O–H groups in total. The summed E-state index contributed by atoms with van der Waals surface area (Å²) in [6, 6.07) is 0.212. The van der Waals surface area contributed by atoms with Crippen molar-refractivity contribution in [2.24, 2.45) is 0 Å². The van der Waals surface area contributed by atoms with E-state index >= 15 is 0 Å². The van der Waals surface area contributed by atoms with Gasteiger partial charge in [-0.25, -0.2) is 0 Å². The van der Waals surface area contributed by atoms with Gasteiger partial charge in [-0.05, 0) is 41.7 Å². The monoisotopic (exact) mass is 274 g/mol. The minimum Gasteiger partial charge on any atom is -0.468 e. The number of nitrogens with one attached hydrogen (secondary N) is 1. The quantitative estimate of drug-likeness (QED) is 0.642. The van der Waals surface area contributed by atoms with Gasteiger partial charge in [-0.15, -0.1) is 0 Å². The predicted octanol–water partition coefficient (Wildman–Crippen LogP) is 1.27. The van der Waals surface area contributed by atoms with E-state index < -0.39 is 5.54 Å². The van der Waals surface area contributed by atoms with Crippen LogP contribution in [0.15, 0.2) is 0 Å². The second-order valence-electron chi connectivity index (χ2n) is 5.78. The predicted molar refractivity (Wildman–Crippen MR) is 77.3 cm³/mol. The van der Waals surface area contributed by atoms with E-state index in [0.29, 0.717) is 13.2 Å². The topological polar surface area (TPSA) is 50.8 Å². The minimum absolute atomic E-state index is 0.212. The van der Waals surface area contributed by atoms with Crippen LogP contribution in [-0.2, 0) is 14.3 Å². The molecule has 0 heterocycles. The summed E-state index contributed by atoms with van der Waals surface area (Å²) in [4.78, 5) is 14.0. The van der Waals surface area contributed by atoms with Crippen molar-refractivity contribution in [3.8, 4) is 0 Å². The van der Waals surface area contributed by atoms with Crippen LogP contribution in [0.3, 0.4) is 0 Å². The average molecular weight is 274 g/mol. The van der Waals surface area contributed by atoms with Gasteiger partial charge in [0.2, 0.25) is 0 Å². The minimum atomic E-state index is -0.699. The Balaban J connectivity index is 4.43. The zero-order valence-corrected chi connectivity index (χ0v) is 13.4. The van der Waals surface area contributed by atoms with Gasteiger partial charge in [0.05, 0.1) is 19.8 Å². The number of ether oxygens (including phenoxy) is 2. The molecule has 1 atom stereocenters. The second-order valence-corrected chi connectivity index (χ2v) is 5.78. The normalized spacial score (nSPS) is 15.1. The fourth-order valence-electron chi connectivity index (χ4n) is 2.09. The number of nitrogens with zero attached hydrogens (tertiary/aromatic N) is 1. The van der Waals surface area contributed by atoms with Crippen LogP contribution in [0.1, 0.15) is 34.6 Å². The molecule has 0 fully saturated rings. The zero-order chi connectivity index (χ0) is 15.1. The van der Waals surface area contributed by atoms with Crippen LogP contribution in [0.25, 0.3) is 0 Å². The molecule has 0 rings (SSSR count). The van der Waals surface area contributed by atoms with Crippen LogP contribution < -0.4 is 5.32 Å². The highest BCUT2D eigenvalue weighted by atomic mass is 16.5. The van der Waals surface area contributed by atoms with Crippen molar-refractivity contribution < 1.29 is 14.3 Å². The van der Waals surface area contributed by atoms with Crippen LogP contribution >= 0.6 is 0 Å². The number of esters is 1. The molecule has 5 heteroatoms. The first-order valence-electron chi connectivity index (χ1n) is 6.87. The highest BCUT2D eigenvalue weighted by molar-refractivity contribution is 5.80. The Morgan fingerprint density at radius 1 is 1.32 bits per heavy atom. The van der Waals surface area contributed by atoms with E-state index in [0.717, 1.165) is 6.54 Å². The largest absolute Gasteiger partial charge is 0.468 e. The molecule has 0 radical (unpaired) electrons. The lowest BCUT2D eigenvalue weighted by Crippen LogP contribution is -2.59. The first kappa shape index (κ1) is 18.4. The van der Waals surface area contributed by atoms with E-state index in [9.17, 15) is 4.79 Å². The number of likely N-dealkylation sites (N-methyl/N-ethyl adjacent to an activating group) is 1. The SMILES string of the molecule is COC(=O)C(C)(CN(C)CCOC(C)C)NC(C)C. The van der Waals surface area contributed by atoms with Crippen molar-refractivity contribution >= 4 is 5.97 Å². The summed E-state index contributed by atoms with van der Waals surface area (Å²) in [6.45, 7) is 12.0. The third-order valence-corrected chi connectivity index (χ3v) is 2.75. The molecule has 1 unspecified atom stereocenters. The van der Waals surface area contributed by atoms with Crippen molar-refractivity contribution in [1.29, 1.82) is 0 Å². The Bertz CT molecular complexity index is 269. The van der Waals surface area contributed by atoms with Gasteiger partial charge in [0, 0.05) is 19.1 Å². The van der Waals surface area contributed by atoms with Crippen LogP contribution in [0.2, 0.25) is 0 Å². The molecule has 0 amide bonds. The highest BCUT2D eigenvalue weighted by Crippen LogP contribution is 2.10. The molecular formula is C14H30N2O3. The highest BCUT2D eigenvalue weighted by Gasteiger charge is 2.35. The maximum atomic E-state index is 11.9. The van der Waals surface area contributed by atoms with E-state index in [4.69, 9.17) is 9.47 Å². The Morgan fingerprint density at radius 2 is 1.89 bits per heavy atom. The molecule has 0 aliphatic heterocycles. The standard InChI is InChI=1S/C14H30N2O3/c1-11(2)15-14(5,13(17)18-7)10-16(6)8-9-19-12(3)4/h11-12,15H,8-10H2,1-7H3. The van der Waals surface area contributed by atoms with Crippen LogP contribution in [0.4, 0.5) is 0 Å². The maximum Gasteiger partial charge on any atom is 0.327 e. The summed E-state index contributed by atoms with van der Waals surface area (Å²) in [5.41, 5.74) is -0.699. The fourth-order valence-corrected chi connectivity index (χ4v) is 2.09. The number of carbonyl (C=O) groups excluding carboxylic acids is 1. The smallest absolute Gasteiger partial charge is 0.327 e. The Kier molecular flexibility index (Phi) is 8.22. The lowest BCUT2D eigenvalue weighted by molar-refractivity contribution is -0.149. The van der Waals surface area contributed by atoms with E-state index in [1.54, 1.807) is 0 Å². The molecule has 0 aliphatic carbocycles. The van der Waals surface area contributed by atoms with Crippen molar-refractivity contribution in [2.45, 2.75) is 52.3 Å². The molecular weight excluding hydrogens is 244 g/mol. The molecule has 0 saturated carbocycles. The first-order valence-corrected chi connectivity index (χ1v) is 6.87. The molecule has 5 nitrogen and oxygen atoms in total. The lowest BCUT2D eigenvalue weighted by Gasteiger charge is -2.34. The average Bonchev–Trinajstić information content (AvgIpc) is 2.25. The van der Waals surface area contributed by atoms with Crippen LogP contribution in [0, 0.1) is 0 Å². The third kappa shape index (κ3) is 7.50. The van der Waals surface area contributed by atoms with Crippen molar-refractivity contribution in [3.05, 3.63) is 0 Å². The second kappa shape index (κ2) is 8.51. The summed E-state index contributed by atoms with van der Waals surface area (Å²) in [6.07, 6.45) is 0.231. The summed E-state index contributed by atoms with van der Waals surface area (Å²) >= 11 is 0. The molecule has 0 aliphatic rings. The number of hydrogen-bond donors (Lipinski definition) is 1. The number of rotatable bonds is 9. The molecule has 0 bridgehead atoms. The summed E-state index contributed by atoms with van der Waals surface area (Å²) in [5, 5.41) is 3.28. The van der Waals surface area contributed by atoms with Gasteiger partial charge < -0.3 is 14.4 Å². The van der Waals surface area contributed by atoms with Gasteiger partial charge in [0.1, 0.15) is 5.54 Å². The maximum absolute atomic E-state index is 11.9. The lowest BCUT2D eigenvalue weighted by atomic mass is 10.0. The first-order chi connectivity index (χ1) is 8.71. The number of hydrogen-bond acceptors (Lipinski definition) is 5. The van der Waals surface area contributed by atoms with Crippen molar-refractivity contribution in [2.75, 3.05) is 33.9 Å². The third-order valence-electron chi connectivity index (χ3n) is 2.75. The van der Waals surface area contributed by atoms with Gasteiger partial charge in [0.25, 0.3) is 0 Å². The number of methoxy groups -OCH3 is 1. The van der Waals surface area contributed by atoms with Crippen LogP contribution in [0.5, 0.6) is 0 Å². The Morgan fingerprint density at radius 3 is 2.32 bits per heavy atom. The summed E-state index contributed by atoms with van der Waals surface area (Å²) in [7, 11) is 3.40. The molecule has 114 valence electrons. The Labute approximate surface area is 117 Å². The zero-order valence-electron chi connectivity index (χ0n) is 13.4. The molecule has 19 heavy (non-hydrogen) atoms. The molecule has 0 aromatic rings. The van der Waals surface area contributed by atoms with E-state index in [1.165, 1.54) is 7.11 Å².